The van der Waals surface area contributed by atoms with E-state index in [0.717, 1.165) is 12.8 Å². The summed E-state index contributed by atoms with van der Waals surface area (Å²) in [4.78, 5) is 41.3. The number of ether oxygens (including phenoxy) is 1. The second kappa shape index (κ2) is 5.29. The van der Waals surface area contributed by atoms with Crippen LogP contribution >= 0.6 is 0 Å². The van der Waals surface area contributed by atoms with Crippen LogP contribution in [0, 0.1) is 5.92 Å². The molecule has 1 heterocycles. The van der Waals surface area contributed by atoms with Crippen molar-refractivity contribution < 1.29 is 24.0 Å². The largest absolute Gasteiger partial charge is 0.366 e. The van der Waals surface area contributed by atoms with E-state index in [2.05, 4.69) is 0 Å². The molecule has 0 saturated heterocycles. The molecule has 0 bridgehead atoms. The van der Waals surface area contributed by atoms with Gasteiger partial charge in [-0.2, -0.15) is 0 Å². The van der Waals surface area contributed by atoms with Crippen molar-refractivity contribution in [2.75, 3.05) is 6.61 Å². The van der Waals surface area contributed by atoms with Crippen LogP contribution in [0.25, 0.3) is 0 Å². The van der Waals surface area contributed by atoms with E-state index >= 15 is 0 Å². The SMILES string of the molecule is CCOC(C(=O)ON1C(=O)c2ccccc2C1=O)C1CC1. The molecule has 1 saturated carbocycles. The van der Waals surface area contributed by atoms with E-state index in [4.69, 9.17) is 9.57 Å². The van der Waals surface area contributed by atoms with E-state index < -0.39 is 23.9 Å². The molecular formula is C15H15NO5. The summed E-state index contributed by atoms with van der Waals surface area (Å²) in [5, 5.41) is 0.529. The molecule has 6 nitrogen and oxygen atoms in total. The molecular weight excluding hydrogens is 274 g/mol. The number of carbonyl (C=O) groups is 3. The fourth-order valence-corrected chi connectivity index (χ4v) is 2.37. The van der Waals surface area contributed by atoms with Gasteiger partial charge in [-0.15, -0.1) is 0 Å². The fraction of sp³-hybridized carbons (Fsp3) is 0.400. The highest BCUT2D eigenvalue weighted by Gasteiger charge is 2.43. The monoisotopic (exact) mass is 289 g/mol. The summed E-state index contributed by atoms with van der Waals surface area (Å²) in [5.74, 6) is -1.80. The van der Waals surface area contributed by atoms with Crippen LogP contribution in [0.5, 0.6) is 0 Å². The van der Waals surface area contributed by atoms with Crippen molar-refractivity contribution in [2.45, 2.75) is 25.9 Å². The Morgan fingerprint density at radius 3 is 2.29 bits per heavy atom. The van der Waals surface area contributed by atoms with Crippen molar-refractivity contribution in [3.05, 3.63) is 35.4 Å². The number of hydrogen-bond acceptors (Lipinski definition) is 5. The van der Waals surface area contributed by atoms with Crippen LogP contribution in [0.3, 0.4) is 0 Å². The van der Waals surface area contributed by atoms with Gasteiger partial charge >= 0.3 is 5.97 Å². The minimum Gasteiger partial charge on any atom is -0.366 e. The zero-order chi connectivity index (χ0) is 15.0. The minimum atomic E-state index is -0.709. The van der Waals surface area contributed by atoms with Gasteiger partial charge in [0.15, 0.2) is 6.10 Å². The van der Waals surface area contributed by atoms with E-state index in [9.17, 15) is 14.4 Å². The number of benzene rings is 1. The van der Waals surface area contributed by atoms with Crippen LogP contribution in [0.4, 0.5) is 0 Å². The first kappa shape index (κ1) is 13.8. The van der Waals surface area contributed by atoms with Crippen LogP contribution in [0.2, 0.25) is 0 Å². The molecule has 1 aliphatic carbocycles. The molecule has 1 aromatic rings. The normalized spacial score (nSPS) is 18.6. The fourth-order valence-electron chi connectivity index (χ4n) is 2.37. The molecule has 1 aromatic carbocycles. The van der Waals surface area contributed by atoms with Gasteiger partial charge in [-0.1, -0.05) is 17.2 Å². The maximum absolute atomic E-state index is 12.1. The van der Waals surface area contributed by atoms with E-state index in [0.29, 0.717) is 11.7 Å². The third-order valence-electron chi connectivity index (χ3n) is 3.57. The van der Waals surface area contributed by atoms with Gasteiger partial charge in [0.1, 0.15) is 0 Å². The Labute approximate surface area is 121 Å². The molecule has 110 valence electrons. The van der Waals surface area contributed by atoms with Crippen molar-refractivity contribution in [3.63, 3.8) is 0 Å². The Morgan fingerprint density at radius 1 is 1.24 bits per heavy atom. The summed E-state index contributed by atoms with van der Waals surface area (Å²) in [6.45, 7) is 2.16. The predicted octanol–water partition coefficient (Wildman–Crippen LogP) is 1.56. The lowest BCUT2D eigenvalue weighted by Gasteiger charge is -2.18. The molecule has 6 heteroatoms. The number of rotatable bonds is 5. The second-order valence-corrected chi connectivity index (χ2v) is 5.07. The zero-order valence-electron chi connectivity index (χ0n) is 11.6. The standard InChI is InChI=1S/C15H15NO5/c1-2-20-12(9-7-8-9)15(19)21-16-13(17)10-5-3-4-6-11(10)14(16)18/h3-6,9,12H,2,7-8H2,1H3. The molecule has 1 unspecified atom stereocenters. The lowest BCUT2D eigenvalue weighted by molar-refractivity contribution is -0.183. The lowest BCUT2D eigenvalue weighted by atomic mass is 10.1. The van der Waals surface area contributed by atoms with Gasteiger partial charge in [-0.05, 0) is 37.8 Å². The van der Waals surface area contributed by atoms with Gasteiger partial charge in [0.25, 0.3) is 11.8 Å². The molecule has 0 N–H and O–H groups in total. The van der Waals surface area contributed by atoms with Crippen molar-refractivity contribution in [3.8, 4) is 0 Å². The van der Waals surface area contributed by atoms with Crippen LogP contribution in [-0.4, -0.2) is 35.6 Å². The molecule has 1 aliphatic heterocycles. The highest BCUT2D eigenvalue weighted by atomic mass is 16.7. The molecule has 0 radical (unpaired) electrons. The predicted molar refractivity (Wildman–Crippen MR) is 71.2 cm³/mol. The molecule has 0 spiro atoms. The number of amides is 2. The minimum absolute atomic E-state index is 0.118. The van der Waals surface area contributed by atoms with Gasteiger partial charge in [-0.25, -0.2) is 4.79 Å². The molecule has 1 atom stereocenters. The number of nitrogens with zero attached hydrogens (tertiary/aromatic N) is 1. The van der Waals surface area contributed by atoms with E-state index in [-0.39, 0.29) is 17.0 Å². The maximum Gasteiger partial charge on any atom is 0.361 e. The third-order valence-corrected chi connectivity index (χ3v) is 3.57. The quantitative estimate of drug-likeness (QED) is 0.769. The van der Waals surface area contributed by atoms with Gasteiger partial charge in [0.2, 0.25) is 0 Å². The van der Waals surface area contributed by atoms with Crippen LogP contribution in [0.15, 0.2) is 24.3 Å². The average molecular weight is 289 g/mol. The van der Waals surface area contributed by atoms with Gasteiger partial charge in [-0.3, -0.25) is 9.59 Å². The Morgan fingerprint density at radius 2 is 1.81 bits per heavy atom. The van der Waals surface area contributed by atoms with Gasteiger partial charge in [0, 0.05) is 6.61 Å². The first-order chi connectivity index (χ1) is 10.1. The smallest absolute Gasteiger partial charge is 0.361 e. The topological polar surface area (TPSA) is 72.9 Å². The molecule has 0 aromatic heterocycles. The van der Waals surface area contributed by atoms with Crippen LogP contribution in [-0.2, 0) is 14.4 Å². The number of fused-ring (bicyclic) bond motifs is 1. The first-order valence-corrected chi connectivity index (χ1v) is 6.94. The summed E-state index contributed by atoms with van der Waals surface area (Å²) in [6, 6.07) is 6.37. The number of hydrogen-bond donors (Lipinski definition) is 0. The van der Waals surface area contributed by atoms with Gasteiger partial charge < -0.3 is 9.57 Å². The second-order valence-electron chi connectivity index (χ2n) is 5.07. The van der Waals surface area contributed by atoms with Crippen molar-refractivity contribution in [2.24, 2.45) is 5.92 Å². The summed E-state index contributed by atoms with van der Waals surface area (Å²) in [6.07, 6.45) is 1.07. The van der Waals surface area contributed by atoms with E-state index in [1.54, 1.807) is 19.1 Å². The highest BCUT2D eigenvalue weighted by Crippen LogP contribution is 2.35. The molecule has 2 aliphatic rings. The van der Waals surface area contributed by atoms with Crippen molar-refractivity contribution in [1.82, 2.24) is 5.06 Å². The van der Waals surface area contributed by atoms with E-state index in [1.165, 1.54) is 12.1 Å². The Hall–Kier alpha value is -2.21. The molecule has 2 amide bonds. The third kappa shape index (κ3) is 2.42. The Kier molecular flexibility index (Phi) is 3.47. The average Bonchev–Trinajstić information content (AvgIpc) is 3.30. The molecule has 3 rings (SSSR count). The molecule has 1 fully saturated rings. The summed E-state index contributed by atoms with van der Waals surface area (Å²) in [7, 11) is 0. The zero-order valence-corrected chi connectivity index (χ0v) is 11.6. The first-order valence-electron chi connectivity index (χ1n) is 6.94. The van der Waals surface area contributed by atoms with Crippen molar-refractivity contribution >= 4 is 17.8 Å². The number of imide groups is 1. The number of carbonyl (C=O) groups excluding carboxylic acids is 3. The van der Waals surface area contributed by atoms with Crippen molar-refractivity contribution in [1.29, 1.82) is 0 Å². The van der Waals surface area contributed by atoms with Crippen LogP contribution < -0.4 is 0 Å². The summed E-state index contributed by atoms with van der Waals surface area (Å²) >= 11 is 0. The molecule has 21 heavy (non-hydrogen) atoms. The van der Waals surface area contributed by atoms with E-state index in [1.807, 2.05) is 0 Å². The lowest BCUT2D eigenvalue weighted by Crippen LogP contribution is -2.38. The highest BCUT2D eigenvalue weighted by molar-refractivity contribution is 6.20. The number of hydroxylamine groups is 2. The summed E-state index contributed by atoms with van der Waals surface area (Å²) < 4.78 is 5.36. The van der Waals surface area contributed by atoms with Gasteiger partial charge in [0.05, 0.1) is 11.1 Å². The Bertz CT molecular complexity index is 573. The Balaban J connectivity index is 1.75. The summed E-state index contributed by atoms with van der Waals surface area (Å²) in [5.41, 5.74) is 0.490. The van der Waals surface area contributed by atoms with Crippen LogP contribution in [0.1, 0.15) is 40.5 Å². The maximum atomic E-state index is 12.1.